The Bertz CT molecular complexity index is 855. The van der Waals surface area contributed by atoms with Crippen LogP contribution < -0.4 is 14.8 Å². The van der Waals surface area contributed by atoms with Crippen LogP contribution in [0.4, 0.5) is 0 Å². The predicted octanol–water partition coefficient (Wildman–Crippen LogP) is 5.24. The van der Waals surface area contributed by atoms with E-state index in [1.807, 2.05) is 36.4 Å². The van der Waals surface area contributed by atoms with Crippen LogP contribution in [0, 0.1) is 5.92 Å². The van der Waals surface area contributed by atoms with Crippen molar-refractivity contribution in [3.8, 4) is 22.6 Å². The summed E-state index contributed by atoms with van der Waals surface area (Å²) in [6.45, 7) is 5.79. The minimum atomic E-state index is 0.0645. The second kappa shape index (κ2) is 9.45. The number of ketones is 1. The molecule has 1 saturated heterocycles. The van der Waals surface area contributed by atoms with Crippen LogP contribution in [0.3, 0.4) is 0 Å². The molecule has 154 valence electrons. The Labute approximate surface area is 173 Å². The normalized spacial score (nSPS) is 17.7. The fourth-order valence-electron chi connectivity index (χ4n) is 4.34. The molecule has 2 aliphatic rings. The molecule has 4 rings (SSSR count). The highest BCUT2D eigenvalue weighted by atomic mass is 16.5. The van der Waals surface area contributed by atoms with Crippen LogP contribution in [0.25, 0.3) is 11.1 Å². The van der Waals surface area contributed by atoms with Gasteiger partial charge in [-0.25, -0.2) is 0 Å². The van der Waals surface area contributed by atoms with Gasteiger partial charge in [-0.2, -0.15) is 0 Å². The van der Waals surface area contributed by atoms with Crippen LogP contribution in [0.5, 0.6) is 11.5 Å². The molecule has 0 aromatic heterocycles. The van der Waals surface area contributed by atoms with Crippen molar-refractivity contribution in [3.63, 3.8) is 0 Å². The van der Waals surface area contributed by atoms with Crippen molar-refractivity contribution in [1.82, 2.24) is 5.32 Å². The Morgan fingerprint density at radius 2 is 1.93 bits per heavy atom. The Hall–Kier alpha value is -2.33. The average Bonchev–Trinajstić information content (AvgIpc) is 3.05. The fraction of sp³-hybridized carbons (Fsp3) is 0.480. The second-order valence-electron chi connectivity index (χ2n) is 8.12. The summed E-state index contributed by atoms with van der Waals surface area (Å²) in [6, 6.07) is 11.6. The lowest BCUT2D eigenvalue weighted by atomic mass is 9.95. The molecule has 4 heteroatoms. The molecule has 4 nitrogen and oxygen atoms in total. The lowest BCUT2D eigenvalue weighted by molar-refractivity contribution is 0.104. The van der Waals surface area contributed by atoms with Crippen LogP contribution in [0.15, 0.2) is 36.4 Å². The van der Waals surface area contributed by atoms with Gasteiger partial charge in [0.05, 0.1) is 13.2 Å². The number of nitrogens with one attached hydrogen (secondary N) is 1. The molecule has 0 bridgehead atoms. The van der Waals surface area contributed by atoms with Crippen LogP contribution in [-0.2, 0) is 0 Å². The number of rotatable bonds is 9. The monoisotopic (exact) mass is 393 g/mol. The van der Waals surface area contributed by atoms with Gasteiger partial charge in [-0.3, -0.25) is 4.79 Å². The van der Waals surface area contributed by atoms with E-state index in [4.69, 9.17) is 9.47 Å². The third-order valence-electron chi connectivity index (χ3n) is 5.96. The van der Waals surface area contributed by atoms with E-state index in [0.717, 1.165) is 72.0 Å². The number of piperidine rings is 1. The van der Waals surface area contributed by atoms with Crippen molar-refractivity contribution in [1.29, 1.82) is 0 Å². The van der Waals surface area contributed by atoms with Crippen molar-refractivity contribution >= 4 is 5.78 Å². The van der Waals surface area contributed by atoms with E-state index >= 15 is 0 Å². The van der Waals surface area contributed by atoms with Crippen LogP contribution in [-0.4, -0.2) is 32.1 Å². The molecule has 1 unspecified atom stereocenters. The minimum Gasteiger partial charge on any atom is -0.494 e. The van der Waals surface area contributed by atoms with Gasteiger partial charge in [0, 0.05) is 16.7 Å². The van der Waals surface area contributed by atoms with Gasteiger partial charge in [-0.1, -0.05) is 25.5 Å². The van der Waals surface area contributed by atoms with Gasteiger partial charge in [0.25, 0.3) is 0 Å². The summed E-state index contributed by atoms with van der Waals surface area (Å²) in [5, 5.41) is 3.48. The van der Waals surface area contributed by atoms with E-state index in [1.54, 1.807) is 0 Å². The summed E-state index contributed by atoms with van der Waals surface area (Å²) < 4.78 is 11.9. The van der Waals surface area contributed by atoms with Gasteiger partial charge in [-0.05, 0) is 80.9 Å². The van der Waals surface area contributed by atoms with E-state index in [0.29, 0.717) is 13.2 Å². The van der Waals surface area contributed by atoms with Gasteiger partial charge in [0.1, 0.15) is 11.5 Å². The molecule has 0 spiro atoms. The maximum atomic E-state index is 12.9. The van der Waals surface area contributed by atoms with Crippen LogP contribution in [0.1, 0.15) is 61.4 Å². The lowest BCUT2D eigenvalue weighted by Crippen LogP contribution is -2.29. The molecule has 1 atom stereocenters. The first-order valence-corrected chi connectivity index (χ1v) is 11.1. The molecule has 1 N–H and O–H groups in total. The van der Waals surface area contributed by atoms with E-state index in [9.17, 15) is 4.79 Å². The Morgan fingerprint density at radius 1 is 1.03 bits per heavy atom. The first-order chi connectivity index (χ1) is 14.3. The summed E-state index contributed by atoms with van der Waals surface area (Å²) in [7, 11) is 0. The molecule has 1 heterocycles. The van der Waals surface area contributed by atoms with E-state index in [-0.39, 0.29) is 5.78 Å². The van der Waals surface area contributed by atoms with Gasteiger partial charge in [0.15, 0.2) is 5.78 Å². The van der Waals surface area contributed by atoms with Crippen LogP contribution >= 0.6 is 0 Å². The Morgan fingerprint density at radius 3 is 2.76 bits per heavy atom. The van der Waals surface area contributed by atoms with Crippen molar-refractivity contribution in [2.75, 3.05) is 26.3 Å². The fourth-order valence-corrected chi connectivity index (χ4v) is 4.34. The van der Waals surface area contributed by atoms with Crippen molar-refractivity contribution in [3.05, 3.63) is 47.5 Å². The highest BCUT2D eigenvalue weighted by Crippen LogP contribution is 2.43. The predicted molar refractivity (Wildman–Crippen MR) is 116 cm³/mol. The molecular weight excluding hydrogens is 362 g/mol. The standard InChI is InChI=1S/C25H31NO3/c1-2-3-14-28-19-11-12-20-22(16-19)25(27)21-9-4-10-23(24(20)21)29-15-6-8-18-7-5-13-26-17-18/h4,9-12,16,18,26H,2-3,5-8,13-15,17H2,1H3. The van der Waals surface area contributed by atoms with Gasteiger partial charge >= 0.3 is 0 Å². The molecule has 2 aromatic carbocycles. The van der Waals surface area contributed by atoms with Crippen LogP contribution in [0.2, 0.25) is 0 Å². The smallest absolute Gasteiger partial charge is 0.194 e. The summed E-state index contributed by atoms with van der Waals surface area (Å²) in [4.78, 5) is 12.9. The molecule has 29 heavy (non-hydrogen) atoms. The topological polar surface area (TPSA) is 47.6 Å². The molecule has 0 radical (unpaired) electrons. The maximum Gasteiger partial charge on any atom is 0.194 e. The molecule has 1 aliphatic heterocycles. The van der Waals surface area contributed by atoms with Gasteiger partial charge in [-0.15, -0.1) is 0 Å². The number of ether oxygens (including phenoxy) is 2. The first kappa shape index (κ1) is 20.0. The third kappa shape index (κ3) is 4.48. The molecule has 1 aliphatic carbocycles. The van der Waals surface area contributed by atoms with Crippen molar-refractivity contribution in [2.45, 2.75) is 45.4 Å². The van der Waals surface area contributed by atoms with E-state index in [2.05, 4.69) is 12.2 Å². The average molecular weight is 394 g/mol. The highest BCUT2D eigenvalue weighted by Gasteiger charge is 2.30. The lowest BCUT2D eigenvalue weighted by Gasteiger charge is -2.22. The Kier molecular flexibility index (Phi) is 6.50. The maximum absolute atomic E-state index is 12.9. The number of carbonyl (C=O) groups excluding carboxylic acids is 1. The highest BCUT2D eigenvalue weighted by molar-refractivity contribution is 6.22. The number of unbranched alkanes of at least 4 members (excludes halogenated alkanes) is 1. The quantitative estimate of drug-likeness (QED) is 0.505. The first-order valence-electron chi connectivity index (χ1n) is 11.1. The zero-order valence-corrected chi connectivity index (χ0v) is 17.3. The minimum absolute atomic E-state index is 0.0645. The largest absolute Gasteiger partial charge is 0.494 e. The van der Waals surface area contributed by atoms with Gasteiger partial charge < -0.3 is 14.8 Å². The number of benzene rings is 2. The number of hydrogen-bond donors (Lipinski definition) is 1. The van der Waals surface area contributed by atoms with E-state index in [1.165, 1.54) is 19.3 Å². The Balaban J connectivity index is 1.44. The number of fused-ring (bicyclic) bond motifs is 3. The van der Waals surface area contributed by atoms with E-state index < -0.39 is 0 Å². The zero-order chi connectivity index (χ0) is 20.1. The van der Waals surface area contributed by atoms with Crippen molar-refractivity contribution < 1.29 is 14.3 Å². The summed E-state index contributed by atoms with van der Waals surface area (Å²) >= 11 is 0. The zero-order valence-electron chi connectivity index (χ0n) is 17.3. The molecule has 1 fully saturated rings. The molecule has 2 aromatic rings. The molecule has 0 amide bonds. The molecule has 0 saturated carbocycles. The van der Waals surface area contributed by atoms with Gasteiger partial charge in [0.2, 0.25) is 0 Å². The third-order valence-corrected chi connectivity index (χ3v) is 5.96. The second-order valence-corrected chi connectivity index (χ2v) is 8.12. The molecular formula is C25H31NO3. The number of hydrogen-bond acceptors (Lipinski definition) is 4. The summed E-state index contributed by atoms with van der Waals surface area (Å²) in [5.41, 5.74) is 3.35. The summed E-state index contributed by atoms with van der Waals surface area (Å²) in [6.07, 6.45) is 6.93. The van der Waals surface area contributed by atoms with Crippen molar-refractivity contribution in [2.24, 2.45) is 5.92 Å². The number of carbonyl (C=O) groups is 1. The summed E-state index contributed by atoms with van der Waals surface area (Å²) in [5.74, 6) is 2.41. The SMILES string of the molecule is CCCCOc1ccc2c(c1)C(=O)c1cccc(OCCCC3CCCNC3)c1-2.